The molecule has 0 aliphatic heterocycles. The van der Waals surface area contributed by atoms with Gasteiger partial charge in [0.1, 0.15) is 0 Å². The van der Waals surface area contributed by atoms with Crippen molar-refractivity contribution in [3.8, 4) is 0 Å². The molecule has 0 aromatic heterocycles. The number of hydrogen-bond acceptors (Lipinski definition) is 4. The quantitative estimate of drug-likeness (QED) is 0.0380. The van der Waals surface area contributed by atoms with E-state index in [9.17, 15) is 20.1 Å². The molecule has 3 atom stereocenters. The van der Waals surface area contributed by atoms with Crippen LogP contribution in [0.5, 0.6) is 0 Å². The molecule has 0 rings (SSSR count). The topological polar surface area (TPSA) is 89.8 Å². The lowest BCUT2D eigenvalue weighted by molar-refractivity contribution is -0.124. The summed E-state index contributed by atoms with van der Waals surface area (Å²) >= 11 is 0. The molecule has 5 nitrogen and oxygen atoms in total. The van der Waals surface area contributed by atoms with Crippen LogP contribution < -0.4 is 5.32 Å². The van der Waals surface area contributed by atoms with E-state index in [1.165, 1.54) is 186 Å². The third-order valence-corrected chi connectivity index (χ3v) is 10.3. The number of carbonyl (C=O) groups is 1. The van der Waals surface area contributed by atoms with E-state index in [0.717, 1.165) is 25.7 Å². The number of aliphatic hydroxyl groups is 3. The zero-order valence-electron chi connectivity index (χ0n) is 33.1. The Hall–Kier alpha value is -0.910. The summed E-state index contributed by atoms with van der Waals surface area (Å²) in [6.45, 7) is 4.21. The average molecular weight is 694 g/mol. The van der Waals surface area contributed by atoms with Crippen LogP contribution in [0.1, 0.15) is 239 Å². The third-order valence-electron chi connectivity index (χ3n) is 10.3. The van der Waals surface area contributed by atoms with Gasteiger partial charge in [-0.2, -0.15) is 0 Å². The molecule has 0 aromatic rings. The van der Waals surface area contributed by atoms with Gasteiger partial charge in [-0.05, 0) is 19.3 Å². The molecule has 0 spiro atoms. The summed E-state index contributed by atoms with van der Waals surface area (Å²) in [6.07, 6.45) is 46.5. The molecule has 0 aromatic carbocycles. The number of rotatable bonds is 40. The van der Waals surface area contributed by atoms with Crippen molar-refractivity contribution < 1.29 is 20.1 Å². The number of unbranched alkanes of at least 4 members (excludes halogenated alkanes) is 31. The fourth-order valence-electron chi connectivity index (χ4n) is 6.93. The number of nitrogens with one attached hydrogen (secondary N) is 1. The lowest BCUT2D eigenvalue weighted by Crippen LogP contribution is -2.45. The van der Waals surface area contributed by atoms with E-state index < -0.39 is 18.2 Å². The number of carbonyl (C=O) groups excluding carboxylic acids is 1. The van der Waals surface area contributed by atoms with Gasteiger partial charge in [0, 0.05) is 0 Å². The SMILES string of the molecule is CCCCCCCCCCC/C=C/C(O)C(CO)NC(=O)CC(O)CCCCCCCCCCCCCCCCCCCCCCCCC. The van der Waals surface area contributed by atoms with E-state index in [-0.39, 0.29) is 18.9 Å². The summed E-state index contributed by atoms with van der Waals surface area (Å²) in [5, 5.41) is 33.1. The average Bonchev–Trinajstić information content (AvgIpc) is 3.09. The van der Waals surface area contributed by atoms with Crippen LogP contribution in [0.15, 0.2) is 12.2 Å². The Morgan fingerprint density at radius 1 is 0.510 bits per heavy atom. The van der Waals surface area contributed by atoms with Gasteiger partial charge in [-0.25, -0.2) is 0 Å². The molecule has 0 saturated heterocycles. The summed E-state index contributed by atoms with van der Waals surface area (Å²) in [6, 6.07) is -0.738. The predicted molar refractivity (Wildman–Crippen MR) is 213 cm³/mol. The van der Waals surface area contributed by atoms with Crippen molar-refractivity contribution in [1.29, 1.82) is 0 Å². The Labute approximate surface area is 306 Å². The summed E-state index contributed by atoms with van der Waals surface area (Å²) in [5.74, 6) is -0.313. The van der Waals surface area contributed by atoms with E-state index in [0.29, 0.717) is 6.42 Å². The van der Waals surface area contributed by atoms with Crippen molar-refractivity contribution in [2.24, 2.45) is 0 Å². The second-order valence-electron chi connectivity index (χ2n) is 15.3. The first kappa shape index (κ1) is 48.1. The maximum atomic E-state index is 12.4. The van der Waals surface area contributed by atoms with E-state index in [4.69, 9.17) is 0 Å². The molecule has 292 valence electrons. The molecule has 0 fully saturated rings. The maximum absolute atomic E-state index is 12.4. The first-order valence-corrected chi connectivity index (χ1v) is 22.0. The molecule has 0 heterocycles. The van der Waals surface area contributed by atoms with Gasteiger partial charge in [0.15, 0.2) is 0 Å². The molecule has 3 unspecified atom stereocenters. The van der Waals surface area contributed by atoms with Crippen LogP contribution in [0, 0.1) is 0 Å². The Kier molecular flexibility index (Phi) is 39.1. The fourth-order valence-corrected chi connectivity index (χ4v) is 6.93. The molecule has 0 radical (unpaired) electrons. The van der Waals surface area contributed by atoms with Crippen molar-refractivity contribution >= 4 is 5.91 Å². The molecule has 0 saturated carbocycles. The van der Waals surface area contributed by atoms with Gasteiger partial charge in [-0.3, -0.25) is 4.79 Å². The van der Waals surface area contributed by atoms with E-state index in [1.807, 2.05) is 6.08 Å². The molecule has 0 bridgehead atoms. The van der Waals surface area contributed by atoms with E-state index in [1.54, 1.807) is 6.08 Å². The molecule has 49 heavy (non-hydrogen) atoms. The van der Waals surface area contributed by atoms with Crippen molar-refractivity contribution in [3.05, 3.63) is 12.2 Å². The van der Waals surface area contributed by atoms with Crippen molar-refractivity contribution in [2.45, 2.75) is 257 Å². The smallest absolute Gasteiger partial charge is 0.222 e. The van der Waals surface area contributed by atoms with Crippen LogP contribution in [0.2, 0.25) is 0 Å². The van der Waals surface area contributed by atoms with Gasteiger partial charge in [0.2, 0.25) is 5.91 Å². The van der Waals surface area contributed by atoms with Crippen LogP contribution >= 0.6 is 0 Å². The molecule has 0 aliphatic rings. The first-order valence-electron chi connectivity index (χ1n) is 22.0. The second kappa shape index (κ2) is 39.9. The van der Waals surface area contributed by atoms with Gasteiger partial charge < -0.3 is 20.6 Å². The van der Waals surface area contributed by atoms with Crippen LogP contribution in [0.4, 0.5) is 0 Å². The minimum atomic E-state index is -0.922. The van der Waals surface area contributed by atoms with Crippen molar-refractivity contribution in [1.82, 2.24) is 5.32 Å². The highest BCUT2D eigenvalue weighted by Gasteiger charge is 2.20. The molecule has 4 N–H and O–H groups in total. The van der Waals surface area contributed by atoms with Gasteiger partial charge in [0.25, 0.3) is 0 Å². The largest absolute Gasteiger partial charge is 0.394 e. The van der Waals surface area contributed by atoms with Crippen LogP contribution in [0.25, 0.3) is 0 Å². The molecular weight excluding hydrogens is 606 g/mol. The van der Waals surface area contributed by atoms with Gasteiger partial charge in [0.05, 0.1) is 31.3 Å². The number of amides is 1. The highest BCUT2D eigenvalue weighted by Crippen LogP contribution is 2.16. The summed E-state index contributed by atoms with van der Waals surface area (Å²) in [5.41, 5.74) is 0. The minimum absolute atomic E-state index is 0.0185. The minimum Gasteiger partial charge on any atom is -0.394 e. The zero-order valence-corrected chi connectivity index (χ0v) is 33.1. The zero-order chi connectivity index (χ0) is 35.9. The summed E-state index contributed by atoms with van der Waals surface area (Å²) in [7, 11) is 0. The van der Waals surface area contributed by atoms with Crippen molar-refractivity contribution in [3.63, 3.8) is 0 Å². The molecule has 1 amide bonds. The lowest BCUT2D eigenvalue weighted by Gasteiger charge is -2.21. The predicted octanol–water partition coefficient (Wildman–Crippen LogP) is 12.4. The standard InChI is InChI=1S/C44H87NO4/c1-3-5-7-9-11-13-15-16-17-18-19-20-21-22-23-24-25-26-28-29-31-33-35-37-41(47)39-44(49)45-42(40-46)43(48)38-36-34-32-30-27-14-12-10-8-6-4-2/h36,38,41-43,46-48H,3-35,37,39-40H2,1-2H3,(H,45,49)/b38-36+. The number of allylic oxidation sites excluding steroid dienone is 1. The van der Waals surface area contributed by atoms with Crippen LogP contribution in [-0.2, 0) is 4.79 Å². The van der Waals surface area contributed by atoms with Crippen LogP contribution in [-0.4, -0.2) is 46.1 Å². The summed E-state index contributed by atoms with van der Waals surface area (Å²) in [4.78, 5) is 12.4. The fraction of sp³-hybridized carbons (Fsp3) is 0.932. The lowest BCUT2D eigenvalue weighted by atomic mass is 10.0. The molecular formula is C44H87NO4. The van der Waals surface area contributed by atoms with Gasteiger partial charge >= 0.3 is 0 Å². The summed E-state index contributed by atoms with van der Waals surface area (Å²) < 4.78 is 0. The van der Waals surface area contributed by atoms with E-state index >= 15 is 0 Å². The van der Waals surface area contributed by atoms with Crippen LogP contribution in [0.3, 0.4) is 0 Å². The number of hydrogen-bond donors (Lipinski definition) is 4. The van der Waals surface area contributed by atoms with E-state index in [2.05, 4.69) is 19.2 Å². The van der Waals surface area contributed by atoms with Gasteiger partial charge in [-0.15, -0.1) is 0 Å². The second-order valence-corrected chi connectivity index (χ2v) is 15.3. The molecule has 0 aliphatic carbocycles. The van der Waals surface area contributed by atoms with Crippen molar-refractivity contribution in [2.75, 3.05) is 6.61 Å². The third kappa shape index (κ3) is 36.7. The Bertz CT molecular complexity index is 684. The monoisotopic (exact) mass is 694 g/mol. The normalized spacial score (nSPS) is 13.7. The highest BCUT2D eigenvalue weighted by molar-refractivity contribution is 5.76. The van der Waals surface area contributed by atoms with Gasteiger partial charge in [-0.1, -0.05) is 225 Å². The Balaban J connectivity index is 3.56. The Morgan fingerprint density at radius 2 is 0.837 bits per heavy atom. The first-order chi connectivity index (χ1) is 24.0. The Morgan fingerprint density at radius 3 is 1.18 bits per heavy atom. The number of aliphatic hydroxyl groups excluding tert-OH is 3. The maximum Gasteiger partial charge on any atom is 0.222 e. The highest BCUT2D eigenvalue weighted by atomic mass is 16.3. The molecule has 5 heteroatoms.